The molecule has 1 fully saturated rings. The monoisotopic (exact) mass is 444 g/mol. The smallest absolute Gasteiger partial charge is 0.243 e. The Morgan fingerprint density at radius 1 is 1.18 bits per heavy atom. The Hall–Kier alpha value is -1.67. The van der Waals surface area contributed by atoms with E-state index in [1.54, 1.807) is 18.2 Å². The molecular formula is C19H19Cl2FN2O3S. The second-order valence-corrected chi connectivity index (χ2v) is 9.39. The molecule has 0 spiro atoms. The van der Waals surface area contributed by atoms with E-state index in [0.29, 0.717) is 29.4 Å². The van der Waals surface area contributed by atoms with E-state index in [4.69, 9.17) is 23.2 Å². The van der Waals surface area contributed by atoms with Crippen LogP contribution < -0.4 is 5.32 Å². The first-order valence-corrected chi connectivity index (χ1v) is 10.9. The average molecular weight is 445 g/mol. The fourth-order valence-corrected chi connectivity index (χ4v) is 5.12. The maximum atomic E-state index is 13.1. The van der Waals surface area contributed by atoms with E-state index in [1.165, 1.54) is 16.4 Å². The Balaban J connectivity index is 1.65. The summed E-state index contributed by atoms with van der Waals surface area (Å²) in [6, 6.07) is 9.70. The van der Waals surface area contributed by atoms with Crippen LogP contribution in [0, 0.1) is 11.7 Å². The van der Waals surface area contributed by atoms with Gasteiger partial charge in [-0.1, -0.05) is 29.3 Å². The van der Waals surface area contributed by atoms with Gasteiger partial charge in [0.1, 0.15) is 5.82 Å². The van der Waals surface area contributed by atoms with Crippen LogP contribution in [0.1, 0.15) is 18.4 Å². The highest BCUT2D eigenvalue weighted by Crippen LogP contribution is 2.25. The Kier molecular flexibility index (Phi) is 6.60. The highest BCUT2D eigenvalue weighted by molar-refractivity contribution is 7.89. The quantitative estimate of drug-likeness (QED) is 0.761. The van der Waals surface area contributed by atoms with Crippen LogP contribution in [0.4, 0.5) is 4.39 Å². The van der Waals surface area contributed by atoms with E-state index in [1.807, 2.05) is 0 Å². The number of sulfonamides is 1. The third-order valence-electron chi connectivity index (χ3n) is 4.67. The van der Waals surface area contributed by atoms with Gasteiger partial charge in [0.25, 0.3) is 0 Å². The number of hydrogen-bond acceptors (Lipinski definition) is 3. The Morgan fingerprint density at radius 3 is 2.57 bits per heavy atom. The van der Waals surface area contributed by atoms with Crippen LogP contribution >= 0.6 is 23.2 Å². The summed E-state index contributed by atoms with van der Waals surface area (Å²) in [6.07, 6.45) is 1.16. The molecule has 1 saturated heterocycles. The normalized spacial score (nSPS) is 18.0. The molecule has 1 atom stereocenters. The highest BCUT2D eigenvalue weighted by atomic mass is 35.5. The standard InChI is InChI=1S/C19H19Cl2FN2O3S/c20-15-4-3-13(18(21)10-15)11-23-19(25)14-2-1-9-24(12-14)28(26,27)17-7-5-16(22)6-8-17/h3-8,10,14H,1-2,9,11-12H2,(H,23,25). The van der Waals surface area contributed by atoms with E-state index in [0.717, 1.165) is 17.7 Å². The third-order valence-corrected chi connectivity index (χ3v) is 7.14. The first-order valence-electron chi connectivity index (χ1n) is 8.75. The second-order valence-electron chi connectivity index (χ2n) is 6.61. The van der Waals surface area contributed by atoms with Crippen molar-refractivity contribution in [3.05, 3.63) is 63.9 Å². The zero-order valence-corrected chi connectivity index (χ0v) is 17.2. The molecule has 150 valence electrons. The third kappa shape index (κ3) is 4.84. The van der Waals surface area contributed by atoms with Crippen molar-refractivity contribution < 1.29 is 17.6 Å². The lowest BCUT2D eigenvalue weighted by atomic mass is 9.99. The molecule has 1 aliphatic heterocycles. The van der Waals surface area contributed by atoms with Crippen LogP contribution in [0.2, 0.25) is 10.0 Å². The van der Waals surface area contributed by atoms with E-state index in [9.17, 15) is 17.6 Å². The summed E-state index contributed by atoms with van der Waals surface area (Å²) in [5.74, 6) is -1.20. The van der Waals surface area contributed by atoms with Crippen molar-refractivity contribution in [3.8, 4) is 0 Å². The zero-order chi connectivity index (χ0) is 20.3. The maximum Gasteiger partial charge on any atom is 0.243 e. The number of hydrogen-bond donors (Lipinski definition) is 1. The number of nitrogens with zero attached hydrogens (tertiary/aromatic N) is 1. The van der Waals surface area contributed by atoms with Crippen LogP contribution in [0.15, 0.2) is 47.4 Å². The van der Waals surface area contributed by atoms with Crippen molar-refractivity contribution in [2.45, 2.75) is 24.3 Å². The van der Waals surface area contributed by atoms with Gasteiger partial charge < -0.3 is 5.32 Å². The molecule has 1 heterocycles. The van der Waals surface area contributed by atoms with Crippen molar-refractivity contribution >= 4 is 39.1 Å². The first-order chi connectivity index (χ1) is 13.3. The molecule has 0 bridgehead atoms. The van der Waals surface area contributed by atoms with Crippen LogP contribution in [0.3, 0.4) is 0 Å². The van der Waals surface area contributed by atoms with Gasteiger partial charge >= 0.3 is 0 Å². The number of halogens is 3. The molecule has 1 N–H and O–H groups in total. The molecule has 0 aliphatic carbocycles. The zero-order valence-electron chi connectivity index (χ0n) is 14.9. The predicted molar refractivity (Wildman–Crippen MR) is 106 cm³/mol. The lowest BCUT2D eigenvalue weighted by molar-refractivity contribution is -0.126. The molecule has 1 amide bonds. The second kappa shape index (κ2) is 8.78. The van der Waals surface area contributed by atoms with E-state index >= 15 is 0 Å². The van der Waals surface area contributed by atoms with Gasteiger partial charge in [0, 0.05) is 29.7 Å². The molecule has 9 heteroatoms. The number of carbonyl (C=O) groups excluding carboxylic acids is 1. The van der Waals surface area contributed by atoms with Gasteiger partial charge in [-0.3, -0.25) is 4.79 Å². The molecule has 5 nitrogen and oxygen atoms in total. The van der Waals surface area contributed by atoms with Crippen LogP contribution in [-0.4, -0.2) is 31.7 Å². The van der Waals surface area contributed by atoms with E-state index in [-0.39, 0.29) is 23.9 Å². The van der Waals surface area contributed by atoms with Gasteiger partial charge in [-0.15, -0.1) is 0 Å². The van der Waals surface area contributed by atoms with E-state index in [2.05, 4.69) is 5.32 Å². The van der Waals surface area contributed by atoms with Crippen molar-refractivity contribution in [2.75, 3.05) is 13.1 Å². The molecule has 0 saturated carbocycles. The van der Waals surface area contributed by atoms with Gasteiger partial charge in [-0.2, -0.15) is 4.31 Å². The van der Waals surface area contributed by atoms with Crippen LogP contribution in [-0.2, 0) is 21.4 Å². The minimum Gasteiger partial charge on any atom is -0.352 e. The fourth-order valence-electron chi connectivity index (χ4n) is 3.12. The summed E-state index contributed by atoms with van der Waals surface area (Å²) in [4.78, 5) is 12.6. The van der Waals surface area contributed by atoms with Gasteiger partial charge in [0.2, 0.25) is 15.9 Å². The number of rotatable bonds is 5. The topological polar surface area (TPSA) is 66.5 Å². The lowest BCUT2D eigenvalue weighted by Gasteiger charge is -2.31. The van der Waals surface area contributed by atoms with Crippen molar-refractivity contribution in [2.24, 2.45) is 5.92 Å². The van der Waals surface area contributed by atoms with Gasteiger partial charge in [0.05, 0.1) is 10.8 Å². The van der Waals surface area contributed by atoms with Gasteiger partial charge in [-0.25, -0.2) is 12.8 Å². The molecule has 2 aromatic carbocycles. The summed E-state index contributed by atoms with van der Waals surface area (Å²) in [7, 11) is -3.77. The Labute approximate surface area is 173 Å². The van der Waals surface area contributed by atoms with E-state index < -0.39 is 21.8 Å². The predicted octanol–water partition coefficient (Wildman–Crippen LogP) is 3.85. The lowest BCUT2D eigenvalue weighted by Crippen LogP contribution is -2.45. The number of amides is 1. The number of carbonyl (C=O) groups is 1. The van der Waals surface area contributed by atoms with Crippen molar-refractivity contribution in [1.82, 2.24) is 9.62 Å². The van der Waals surface area contributed by atoms with Crippen LogP contribution in [0.5, 0.6) is 0 Å². The summed E-state index contributed by atoms with van der Waals surface area (Å²) in [5, 5.41) is 3.77. The summed E-state index contributed by atoms with van der Waals surface area (Å²) >= 11 is 12.0. The first kappa shape index (κ1) is 21.0. The molecule has 3 rings (SSSR count). The molecule has 0 radical (unpaired) electrons. The van der Waals surface area contributed by atoms with Crippen molar-refractivity contribution in [3.63, 3.8) is 0 Å². The maximum absolute atomic E-state index is 13.1. The molecule has 1 unspecified atom stereocenters. The SMILES string of the molecule is O=C(NCc1ccc(Cl)cc1Cl)C1CCCN(S(=O)(=O)c2ccc(F)cc2)C1. The van der Waals surface area contributed by atoms with Gasteiger partial charge in [-0.05, 0) is 54.8 Å². The molecule has 0 aromatic heterocycles. The molecule has 2 aromatic rings. The van der Waals surface area contributed by atoms with Crippen LogP contribution in [0.25, 0.3) is 0 Å². The number of benzene rings is 2. The summed E-state index contributed by atoms with van der Waals surface area (Å²) in [6.45, 7) is 0.641. The minimum absolute atomic E-state index is 0.0166. The fraction of sp³-hybridized carbons (Fsp3) is 0.316. The van der Waals surface area contributed by atoms with Crippen molar-refractivity contribution in [1.29, 1.82) is 0 Å². The summed E-state index contributed by atoms with van der Waals surface area (Å²) < 4.78 is 39.9. The average Bonchev–Trinajstić information content (AvgIpc) is 2.67. The van der Waals surface area contributed by atoms with Gasteiger partial charge in [0.15, 0.2) is 0 Å². The molecule has 1 aliphatic rings. The highest BCUT2D eigenvalue weighted by Gasteiger charge is 2.33. The summed E-state index contributed by atoms with van der Waals surface area (Å²) in [5.41, 5.74) is 0.728. The molecular weight excluding hydrogens is 426 g/mol. The molecule has 28 heavy (non-hydrogen) atoms. The Bertz CT molecular complexity index is 968. The minimum atomic E-state index is -3.77. The largest absolute Gasteiger partial charge is 0.352 e. The number of nitrogens with one attached hydrogen (secondary N) is 1. The Morgan fingerprint density at radius 2 is 1.89 bits per heavy atom. The number of piperidine rings is 1.